The molecule has 3 nitrogen and oxygen atoms in total. The monoisotopic (exact) mass is 426 g/mol. The molecule has 0 aliphatic heterocycles. The van der Waals surface area contributed by atoms with E-state index in [0.717, 1.165) is 11.5 Å². The molecule has 0 rings (SSSR count). The standard InChI is InChI=1S/C12H28O3PS3.BrH/c1-5-14-16(13,15-6-2)18-10-12-19(8-4)11-9-17-7-3;/h5-12H2,1-4H3;1H/q+1;/p-1. The fourth-order valence-electron chi connectivity index (χ4n) is 1.41. The minimum atomic E-state index is -2.90. The van der Waals surface area contributed by atoms with Gasteiger partial charge in [-0.15, -0.1) is 0 Å². The third kappa shape index (κ3) is 12.2. The van der Waals surface area contributed by atoms with E-state index in [4.69, 9.17) is 9.05 Å². The Bertz CT molecular complexity index is 250. The van der Waals surface area contributed by atoms with Gasteiger partial charge in [-0.25, -0.2) is 4.57 Å². The Hall–Kier alpha value is 1.68. The molecule has 0 aliphatic rings. The molecule has 0 fully saturated rings. The lowest BCUT2D eigenvalue weighted by Crippen LogP contribution is -3.00. The van der Waals surface area contributed by atoms with Crippen LogP contribution in [0.1, 0.15) is 27.7 Å². The lowest BCUT2D eigenvalue weighted by Gasteiger charge is -2.15. The van der Waals surface area contributed by atoms with Crippen molar-refractivity contribution >= 4 is 40.8 Å². The Labute approximate surface area is 146 Å². The van der Waals surface area contributed by atoms with Crippen molar-refractivity contribution in [2.24, 2.45) is 0 Å². The number of halogens is 1. The van der Waals surface area contributed by atoms with Crippen LogP contribution in [0.4, 0.5) is 0 Å². The van der Waals surface area contributed by atoms with Gasteiger partial charge in [0.05, 0.1) is 13.2 Å². The maximum Gasteiger partial charge on any atom is 0.389 e. The average molecular weight is 427 g/mol. The smallest absolute Gasteiger partial charge is 0.389 e. The quantitative estimate of drug-likeness (QED) is 0.252. The summed E-state index contributed by atoms with van der Waals surface area (Å²) in [6.07, 6.45) is 0. The molecule has 0 bridgehead atoms. The SMILES string of the molecule is CCOP(=O)(OCC)SCC[S+](CC)CCSCC.[Br-]. The molecule has 0 heterocycles. The molecule has 0 aromatic heterocycles. The first-order chi connectivity index (χ1) is 9.11. The van der Waals surface area contributed by atoms with E-state index in [1.165, 1.54) is 34.4 Å². The van der Waals surface area contributed by atoms with Crippen LogP contribution in [0.2, 0.25) is 0 Å². The van der Waals surface area contributed by atoms with Crippen molar-refractivity contribution < 1.29 is 30.6 Å². The van der Waals surface area contributed by atoms with Gasteiger partial charge in [-0.05, 0) is 48.8 Å². The maximum atomic E-state index is 12.3. The van der Waals surface area contributed by atoms with Crippen LogP contribution in [-0.4, -0.2) is 47.7 Å². The summed E-state index contributed by atoms with van der Waals surface area (Å²) >= 11 is 3.37. The number of hydrogen-bond acceptors (Lipinski definition) is 5. The molecule has 0 saturated carbocycles. The fourth-order valence-corrected chi connectivity index (χ4v) is 8.63. The van der Waals surface area contributed by atoms with E-state index in [9.17, 15) is 4.57 Å². The van der Waals surface area contributed by atoms with Crippen LogP contribution in [0.3, 0.4) is 0 Å². The van der Waals surface area contributed by atoms with Gasteiger partial charge in [-0.1, -0.05) is 6.92 Å². The Morgan fingerprint density at radius 1 is 1.00 bits per heavy atom. The highest BCUT2D eigenvalue weighted by Crippen LogP contribution is 2.60. The Morgan fingerprint density at radius 2 is 1.55 bits per heavy atom. The largest absolute Gasteiger partial charge is 1.00 e. The van der Waals surface area contributed by atoms with Crippen LogP contribution in [0, 0.1) is 0 Å². The summed E-state index contributed by atoms with van der Waals surface area (Å²) < 4.78 is 22.8. The molecule has 0 radical (unpaired) electrons. The first-order valence-electron chi connectivity index (χ1n) is 6.87. The van der Waals surface area contributed by atoms with Crippen LogP contribution in [-0.2, 0) is 24.5 Å². The molecule has 1 atom stereocenters. The molecule has 0 aromatic carbocycles. The number of thioether (sulfide) groups is 1. The van der Waals surface area contributed by atoms with Crippen molar-refractivity contribution in [3.63, 3.8) is 0 Å². The maximum absolute atomic E-state index is 12.3. The van der Waals surface area contributed by atoms with E-state index in [-0.39, 0.29) is 17.0 Å². The van der Waals surface area contributed by atoms with Crippen LogP contribution < -0.4 is 17.0 Å². The number of rotatable bonds is 13. The highest BCUT2D eigenvalue weighted by molar-refractivity contribution is 8.55. The predicted octanol–water partition coefficient (Wildman–Crippen LogP) is 1.30. The molecule has 0 aliphatic carbocycles. The van der Waals surface area contributed by atoms with E-state index in [2.05, 4.69) is 13.8 Å². The van der Waals surface area contributed by atoms with Crippen LogP contribution in [0.25, 0.3) is 0 Å². The minimum Gasteiger partial charge on any atom is -1.00 e. The van der Waals surface area contributed by atoms with Crippen molar-refractivity contribution in [3.8, 4) is 0 Å². The van der Waals surface area contributed by atoms with Gasteiger partial charge in [0.2, 0.25) is 0 Å². The zero-order chi connectivity index (χ0) is 14.6. The number of hydrogen-bond donors (Lipinski definition) is 0. The molecule has 0 saturated heterocycles. The highest BCUT2D eigenvalue weighted by Gasteiger charge is 2.26. The summed E-state index contributed by atoms with van der Waals surface area (Å²) in [6.45, 7) is 6.13. The third-order valence-corrected chi connectivity index (χ3v) is 10.1. The van der Waals surface area contributed by atoms with Gasteiger partial charge in [0.15, 0.2) is 0 Å². The van der Waals surface area contributed by atoms with E-state index < -0.39 is 6.80 Å². The predicted molar refractivity (Wildman–Crippen MR) is 94.0 cm³/mol. The zero-order valence-electron chi connectivity index (χ0n) is 12.9. The van der Waals surface area contributed by atoms with Gasteiger partial charge in [0, 0.05) is 11.5 Å². The summed E-state index contributed by atoms with van der Waals surface area (Å²) in [5.74, 6) is 6.92. The summed E-state index contributed by atoms with van der Waals surface area (Å²) in [5, 5.41) is 0. The second-order valence-corrected chi connectivity index (χ2v) is 11.8. The van der Waals surface area contributed by atoms with Gasteiger partial charge in [0.1, 0.15) is 17.3 Å². The second-order valence-electron chi connectivity index (χ2n) is 3.62. The molecule has 124 valence electrons. The first-order valence-corrected chi connectivity index (χ1v) is 12.9. The fraction of sp³-hybridized carbons (Fsp3) is 1.00. The summed E-state index contributed by atoms with van der Waals surface area (Å²) in [4.78, 5) is 0. The van der Waals surface area contributed by atoms with Gasteiger partial charge < -0.3 is 26.0 Å². The molecule has 0 spiro atoms. The lowest BCUT2D eigenvalue weighted by molar-refractivity contribution is -0.00000835. The molecule has 8 heteroatoms. The summed E-state index contributed by atoms with van der Waals surface area (Å²) in [6, 6.07) is 0. The van der Waals surface area contributed by atoms with Gasteiger partial charge in [-0.3, -0.25) is 0 Å². The molecular weight excluding hydrogens is 399 g/mol. The zero-order valence-corrected chi connectivity index (χ0v) is 17.9. The van der Waals surface area contributed by atoms with Crippen LogP contribution >= 0.6 is 29.9 Å². The van der Waals surface area contributed by atoms with E-state index >= 15 is 0 Å². The van der Waals surface area contributed by atoms with Crippen LogP contribution in [0.15, 0.2) is 0 Å². The molecule has 0 amide bonds. The van der Waals surface area contributed by atoms with Gasteiger partial charge in [-0.2, -0.15) is 11.8 Å². The van der Waals surface area contributed by atoms with Gasteiger partial charge >= 0.3 is 6.80 Å². The minimum absolute atomic E-state index is 0. The topological polar surface area (TPSA) is 35.5 Å². The Morgan fingerprint density at radius 3 is 2.00 bits per heavy atom. The van der Waals surface area contributed by atoms with Crippen LogP contribution in [0.5, 0.6) is 0 Å². The van der Waals surface area contributed by atoms with E-state index in [1.807, 2.05) is 25.6 Å². The molecular formula is C12H28BrO3PS3. The molecule has 20 heavy (non-hydrogen) atoms. The van der Waals surface area contributed by atoms with Crippen molar-refractivity contribution in [2.45, 2.75) is 27.7 Å². The van der Waals surface area contributed by atoms with Crippen molar-refractivity contribution in [1.29, 1.82) is 0 Å². The highest BCUT2D eigenvalue weighted by atomic mass is 79.9. The molecule has 1 unspecified atom stereocenters. The first kappa shape index (κ1) is 23.9. The van der Waals surface area contributed by atoms with Gasteiger partial charge in [0.25, 0.3) is 0 Å². The Kier molecular flexibility index (Phi) is 18.6. The van der Waals surface area contributed by atoms with Crippen molar-refractivity contribution in [2.75, 3.05) is 47.7 Å². The van der Waals surface area contributed by atoms with E-state index in [1.54, 1.807) is 0 Å². The molecule has 0 N–H and O–H groups in total. The molecule has 0 aromatic rings. The lowest BCUT2D eigenvalue weighted by atomic mass is 10.9. The Balaban J connectivity index is 0. The summed E-state index contributed by atoms with van der Waals surface area (Å²) in [7, 11) is 0.451. The van der Waals surface area contributed by atoms with Crippen molar-refractivity contribution in [3.05, 3.63) is 0 Å². The summed E-state index contributed by atoms with van der Waals surface area (Å²) in [5.41, 5.74) is 0. The van der Waals surface area contributed by atoms with E-state index in [0.29, 0.717) is 24.1 Å². The third-order valence-electron chi connectivity index (χ3n) is 2.32. The second kappa shape index (κ2) is 15.6. The average Bonchev–Trinajstić information content (AvgIpc) is 2.37. The normalized spacial score (nSPS) is 13.0. The van der Waals surface area contributed by atoms with Crippen molar-refractivity contribution in [1.82, 2.24) is 0 Å².